The van der Waals surface area contributed by atoms with Crippen LogP contribution in [-0.2, 0) is 28.8 Å². The van der Waals surface area contributed by atoms with Crippen LogP contribution in [0.1, 0.15) is 123 Å². The quantitative estimate of drug-likeness (QED) is 0.0706. The van der Waals surface area contributed by atoms with E-state index in [1.165, 1.54) is 71.8 Å². The summed E-state index contributed by atoms with van der Waals surface area (Å²) < 4.78 is 0. The van der Waals surface area contributed by atoms with Gasteiger partial charge in [-0.2, -0.15) is 0 Å². The molecule has 0 aromatic rings. The molecule has 12 nitrogen and oxygen atoms in total. The van der Waals surface area contributed by atoms with E-state index in [4.69, 9.17) is 5.11 Å². The third-order valence-electron chi connectivity index (χ3n) is 7.67. The van der Waals surface area contributed by atoms with Gasteiger partial charge in [-0.3, -0.25) is 28.8 Å². The van der Waals surface area contributed by atoms with Crippen molar-refractivity contribution in [3.63, 3.8) is 0 Å². The Hall–Kier alpha value is -2.86. The monoisotopic (exact) mass is 627 g/mol. The molecule has 254 valence electrons. The van der Waals surface area contributed by atoms with Crippen LogP contribution in [0.15, 0.2) is 0 Å². The summed E-state index contributed by atoms with van der Waals surface area (Å²) in [6.45, 7) is 2.44. The number of carboxylic acids is 1. The van der Waals surface area contributed by atoms with E-state index in [0.29, 0.717) is 6.42 Å². The van der Waals surface area contributed by atoms with Crippen molar-refractivity contribution >= 4 is 35.3 Å². The molecule has 6 N–H and O–H groups in total. The Kier molecular flexibility index (Phi) is 23.8. The highest BCUT2D eigenvalue weighted by molar-refractivity contribution is 5.95. The number of ketones is 2. The first-order valence-electron chi connectivity index (χ1n) is 16.3. The van der Waals surface area contributed by atoms with Crippen LogP contribution < -0.4 is 16.0 Å². The van der Waals surface area contributed by atoms with E-state index >= 15 is 0 Å². The first-order chi connectivity index (χ1) is 21.0. The van der Waals surface area contributed by atoms with Crippen LogP contribution >= 0.6 is 0 Å². The second-order valence-electron chi connectivity index (χ2n) is 11.7. The zero-order chi connectivity index (χ0) is 33.3. The fraction of sp³-hybridized carbons (Fsp3) is 0.812. The summed E-state index contributed by atoms with van der Waals surface area (Å²) in [6, 6.07) is -1.48. The second-order valence-corrected chi connectivity index (χ2v) is 11.7. The Bertz CT molecular complexity index is 879. The van der Waals surface area contributed by atoms with Gasteiger partial charge in [-0.1, -0.05) is 84.0 Å². The van der Waals surface area contributed by atoms with E-state index in [1.54, 1.807) is 0 Å². The Morgan fingerprint density at radius 3 is 1.68 bits per heavy atom. The summed E-state index contributed by atoms with van der Waals surface area (Å²) in [4.78, 5) is 73.1. The maximum atomic E-state index is 12.8. The van der Waals surface area contributed by atoms with E-state index in [0.717, 1.165) is 25.7 Å². The average Bonchev–Trinajstić information content (AvgIpc) is 2.98. The van der Waals surface area contributed by atoms with E-state index < -0.39 is 79.2 Å². The third-order valence-corrected chi connectivity index (χ3v) is 7.67. The number of carbonyl (C=O) groups excluding carboxylic acids is 5. The van der Waals surface area contributed by atoms with Crippen LogP contribution in [0.2, 0.25) is 0 Å². The molecule has 0 aliphatic carbocycles. The number of aliphatic hydroxyl groups excluding tert-OH is 2. The highest BCUT2D eigenvalue weighted by atomic mass is 16.4. The molecular weight excluding hydrogens is 570 g/mol. The Morgan fingerprint density at radius 2 is 1.23 bits per heavy atom. The number of nitrogens with one attached hydrogen (secondary N) is 3. The van der Waals surface area contributed by atoms with Gasteiger partial charge in [0, 0.05) is 26.3 Å². The molecular formula is C32H57N3O9. The maximum absolute atomic E-state index is 12.8. The van der Waals surface area contributed by atoms with Crippen LogP contribution in [0.5, 0.6) is 0 Å². The number of amides is 3. The molecule has 0 saturated carbocycles. The largest absolute Gasteiger partial charge is 0.481 e. The Balaban J connectivity index is 4.42. The molecule has 3 amide bonds. The maximum Gasteiger partial charge on any atom is 0.304 e. The summed E-state index contributed by atoms with van der Waals surface area (Å²) in [5.74, 6) is -6.80. The lowest BCUT2D eigenvalue weighted by molar-refractivity contribution is -0.142. The minimum Gasteiger partial charge on any atom is -0.481 e. The van der Waals surface area contributed by atoms with Gasteiger partial charge >= 0.3 is 5.97 Å². The number of aliphatic hydroxyl groups is 2. The van der Waals surface area contributed by atoms with E-state index in [1.807, 2.05) is 0 Å². The highest BCUT2D eigenvalue weighted by Gasteiger charge is 2.33. The molecule has 0 heterocycles. The summed E-state index contributed by atoms with van der Waals surface area (Å²) in [5.41, 5.74) is 0. The molecule has 0 bridgehead atoms. The van der Waals surface area contributed by atoms with Gasteiger partial charge in [0.05, 0.1) is 37.5 Å². The fourth-order valence-electron chi connectivity index (χ4n) is 4.96. The zero-order valence-electron chi connectivity index (χ0n) is 27.0. The smallest absolute Gasteiger partial charge is 0.304 e. The Labute approximate surface area is 262 Å². The lowest BCUT2D eigenvalue weighted by Crippen LogP contribution is -2.51. The number of hydrogen-bond donors (Lipinski definition) is 6. The van der Waals surface area contributed by atoms with Crippen LogP contribution in [0.25, 0.3) is 0 Å². The summed E-state index contributed by atoms with van der Waals surface area (Å²) in [5, 5.41) is 35.9. The molecule has 0 fully saturated rings. The van der Waals surface area contributed by atoms with Gasteiger partial charge in [-0.25, -0.2) is 0 Å². The van der Waals surface area contributed by atoms with Gasteiger partial charge in [-0.15, -0.1) is 0 Å². The molecule has 0 aromatic heterocycles. The van der Waals surface area contributed by atoms with Crippen molar-refractivity contribution < 1.29 is 44.1 Å². The first kappa shape index (κ1) is 41.1. The number of unbranched alkanes of at least 4 members (excludes halogenated alkanes) is 12. The van der Waals surface area contributed by atoms with Crippen molar-refractivity contribution in [3.05, 3.63) is 0 Å². The van der Waals surface area contributed by atoms with Gasteiger partial charge in [0.2, 0.25) is 17.7 Å². The number of carboxylic acid groups (broad SMARTS) is 1. The van der Waals surface area contributed by atoms with Crippen molar-refractivity contribution in [3.8, 4) is 0 Å². The number of hydrogen-bond acceptors (Lipinski definition) is 8. The van der Waals surface area contributed by atoms with Gasteiger partial charge in [0.25, 0.3) is 0 Å². The number of carbonyl (C=O) groups is 6. The molecule has 44 heavy (non-hydrogen) atoms. The van der Waals surface area contributed by atoms with Crippen molar-refractivity contribution in [1.29, 1.82) is 0 Å². The van der Waals surface area contributed by atoms with Crippen LogP contribution in [-0.4, -0.2) is 82.9 Å². The molecule has 0 aliphatic heterocycles. The van der Waals surface area contributed by atoms with Crippen LogP contribution in [0.3, 0.4) is 0 Å². The summed E-state index contributed by atoms with van der Waals surface area (Å²) >= 11 is 0. The predicted octanol–water partition coefficient (Wildman–Crippen LogP) is 2.81. The van der Waals surface area contributed by atoms with E-state index in [-0.39, 0.29) is 12.5 Å². The predicted molar refractivity (Wildman–Crippen MR) is 167 cm³/mol. The number of rotatable bonds is 28. The molecule has 0 aliphatic rings. The fourth-order valence-corrected chi connectivity index (χ4v) is 4.96. The third kappa shape index (κ3) is 20.2. The van der Waals surface area contributed by atoms with Crippen LogP contribution in [0.4, 0.5) is 0 Å². The summed E-state index contributed by atoms with van der Waals surface area (Å²) in [7, 11) is 1.29. The van der Waals surface area contributed by atoms with Crippen molar-refractivity contribution in [2.75, 3.05) is 20.2 Å². The first-order valence-corrected chi connectivity index (χ1v) is 16.3. The minimum absolute atomic E-state index is 0.266. The minimum atomic E-state index is -1.48. The zero-order valence-corrected chi connectivity index (χ0v) is 27.0. The van der Waals surface area contributed by atoms with Crippen molar-refractivity contribution in [2.45, 2.75) is 135 Å². The second kappa shape index (κ2) is 25.5. The molecule has 0 radical (unpaired) electrons. The molecule has 0 rings (SSSR count). The molecule has 4 atom stereocenters. The lowest BCUT2D eigenvalue weighted by Gasteiger charge is -2.24. The molecule has 0 spiro atoms. The van der Waals surface area contributed by atoms with Gasteiger partial charge in [0.1, 0.15) is 6.04 Å². The summed E-state index contributed by atoms with van der Waals surface area (Å²) in [6.07, 6.45) is 12.9. The van der Waals surface area contributed by atoms with Gasteiger partial charge < -0.3 is 31.3 Å². The topological polar surface area (TPSA) is 199 Å². The van der Waals surface area contributed by atoms with Gasteiger partial charge in [-0.05, 0) is 13.3 Å². The van der Waals surface area contributed by atoms with Crippen molar-refractivity contribution in [2.24, 2.45) is 11.8 Å². The Morgan fingerprint density at radius 1 is 0.705 bits per heavy atom. The average molecular weight is 628 g/mol. The van der Waals surface area contributed by atoms with Gasteiger partial charge in [0.15, 0.2) is 11.6 Å². The standard InChI is InChI=1S/C32H57N3O9/c1-4-5-6-7-8-9-10-11-12-13-14-15-16-17-28(40)34-21-26(38)18-25(22-36)32(44)35-30(23(2)37)27(39)19-24(20-29(41)42)31(43)33-3/h23-25,30,36-37H,4-22H2,1-3H3,(H,33,43)(H,34,40)(H,35,44)(H,41,42)/t23-,24+,25+,30+/m1/s1. The SMILES string of the molecule is CCCCCCCCCCCCCCCC(=O)NCC(=O)C[C@@H](CO)C(=O)N[C@H](C(=O)C[C@@H](CC(=O)O)C(=O)NC)[C@@H](C)O. The molecule has 0 unspecified atom stereocenters. The molecule has 0 aromatic carbocycles. The molecule has 12 heteroatoms. The highest BCUT2D eigenvalue weighted by Crippen LogP contribution is 2.15. The number of aliphatic carboxylic acids is 1. The molecule has 0 saturated heterocycles. The van der Waals surface area contributed by atoms with Crippen molar-refractivity contribution in [1.82, 2.24) is 16.0 Å². The van der Waals surface area contributed by atoms with E-state index in [2.05, 4.69) is 22.9 Å². The normalized spacial score (nSPS) is 13.8. The number of Topliss-reactive ketones (excluding diaryl/α,β-unsaturated/α-hetero) is 2. The van der Waals surface area contributed by atoms with Crippen LogP contribution in [0, 0.1) is 11.8 Å². The van der Waals surface area contributed by atoms with E-state index in [9.17, 15) is 39.0 Å². The lowest BCUT2D eigenvalue weighted by atomic mass is 9.92.